The van der Waals surface area contributed by atoms with Crippen LogP contribution in [0.15, 0.2) is 0 Å². The summed E-state index contributed by atoms with van der Waals surface area (Å²) in [4.78, 5) is 0. The van der Waals surface area contributed by atoms with E-state index in [1.807, 2.05) is 0 Å². The molecule has 0 aliphatic carbocycles. The summed E-state index contributed by atoms with van der Waals surface area (Å²) in [5, 5.41) is 0. The van der Waals surface area contributed by atoms with Crippen molar-refractivity contribution in [3.8, 4) is 0 Å². The third-order valence-electron chi connectivity index (χ3n) is 0. The van der Waals surface area contributed by atoms with Crippen molar-refractivity contribution >= 4 is 0 Å². The SMILES string of the molecule is [Ce+4].[O-][Cl+3]([O-])([O-])[O-]. The summed E-state index contributed by atoms with van der Waals surface area (Å²) in [7, 11) is -4.94. The molecular weight excluding hydrogens is 240 g/mol. The van der Waals surface area contributed by atoms with Crippen LogP contribution >= 0.6 is 0 Å². The van der Waals surface area contributed by atoms with Crippen molar-refractivity contribution < 1.29 is 70.6 Å². The van der Waals surface area contributed by atoms with Gasteiger partial charge in [0.2, 0.25) is 0 Å². The second-order valence-electron chi connectivity index (χ2n) is 0.378. The van der Waals surface area contributed by atoms with Crippen molar-refractivity contribution in [2.24, 2.45) is 0 Å². The number of hydrogen-bond donors (Lipinski definition) is 0. The Morgan fingerprint density at radius 2 is 0.833 bits per heavy atom. The molecule has 4 nitrogen and oxygen atoms in total. The van der Waals surface area contributed by atoms with Crippen LogP contribution in [0.4, 0.5) is 0 Å². The maximum atomic E-state index is 8.49. The van der Waals surface area contributed by atoms with Crippen molar-refractivity contribution in [3.63, 3.8) is 0 Å². The Morgan fingerprint density at radius 1 is 0.833 bits per heavy atom. The van der Waals surface area contributed by atoms with Gasteiger partial charge in [-0.15, -0.1) is 10.2 Å². The first-order valence-electron chi connectivity index (χ1n) is 0.617. The molecule has 0 aromatic carbocycles. The fraction of sp³-hybridized carbons (Fsp3) is 0. The Morgan fingerprint density at radius 3 is 0.833 bits per heavy atom. The quantitative estimate of drug-likeness (QED) is 0.424. The monoisotopic (exact) mass is 239 g/mol. The average Bonchev–Trinajstić information content (AvgIpc) is 0.722. The zero-order chi connectivity index (χ0) is 4.50. The normalized spacial score (nSPS) is 10.0. The van der Waals surface area contributed by atoms with Gasteiger partial charge in [-0.25, -0.2) is 18.6 Å². The zero-order valence-corrected chi connectivity index (χ0v) is 6.41. The van der Waals surface area contributed by atoms with Crippen LogP contribution in [0.25, 0.3) is 0 Å². The van der Waals surface area contributed by atoms with E-state index in [1.54, 1.807) is 0 Å². The van der Waals surface area contributed by atoms with Gasteiger partial charge in [0.15, 0.2) is 0 Å². The molecule has 0 aliphatic rings. The van der Waals surface area contributed by atoms with Gasteiger partial charge in [0.1, 0.15) is 0 Å². The molecule has 0 N–H and O–H groups in total. The smallest absolute Gasteiger partial charge is 0.222 e. The second kappa shape index (κ2) is 3.50. The topological polar surface area (TPSA) is 92.2 Å². The molecule has 0 bridgehead atoms. The first kappa shape index (κ1) is 10.5. The van der Waals surface area contributed by atoms with Gasteiger partial charge in [0.05, 0.1) is 0 Å². The van der Waals surface area contributed by atoms with E-state index in [4.69, 9.17) is 18.6 Å². The van der Waals surface area contributed by atoms with Crippen LogP contribution < -0.4 is 18.6 Å². The van der Waals surface area contributed by atoms with Gasteiger partial charge < -0.3 is 0 Å². The second-order valence-corrected chi connectivity index (χ2v) is 1.13. The summed E-state index contributed by atoms with van der Waals surface area (Å²) in [5.74, 6) is 0. The van der Waals surface area contributed by atoms with E-state index >= 15 is 0 Å². The van der Waals surface area contributed by atoms with E-state index in [1.165, 1.54) is 0 Å². The van der Waals surface area contributed by atoms with Crippen molar-refractivity contribution in [3.05, 3.63) is 0 Å². The average molecular weight is 240 g/mol. The zero-order valence-electron chi connectivity index (χ0n) is 2.51. The van der Waals surface area contributed by atoms with Crippen molar-refractivity contribution in [1.29, 1.82) is 0 Å². The molecule has 0 fully saturated rings. The molecule has 0 heterocycles. The van der Waals surface area contributed by atoms with Gasteiger partial charge in [0, 0.05) is 0 Å². The van der Waals surface area contributed by atoms with E-state index in [2.05, 4.69) is 0 Å². The predicted molar refractivity (Wildman–Crippen MR) is 0 cm³/mol. The van der Waals surface area contributed by atoms with Crippen LogP contribution in [-0.4, -0.2) is 0 Å². The van der Waals surface area contributed by atoms with Gasteiger partial charge in [-0.1, -0.05) is 0 Å². The van der Waals surface area contributed by atoms with E-state index in [0.717, 1.165) is 0 Å². The molecule has 0 amide bonds. The predicted octanol–water partition coefficient (Wildman–Crippen LogP) is -4.76. The molecule has 0 aliphatic heterocycles. The molecule has 0 aromatic rings. The molecular formula is CeClO4+3. The van der Waals surface area contributed by atoms with E-state index < -0.39 is 10.2 Å². The van der Waals surface area contributed by atoms with Crippen LogP contribution in [0, 0.1) is 52.0 Å². The molecule has 0 spiro atoms. The first-order valence-corrected chi connectivity index (χ1v) is 1.85. The van der Waals surface area contributed by atoms with Crippen LogP contribution in [0.2, 0.25) is 0 Å². The van der Waals surface area contributed by atoms with Crippen molar-refractivity contribution in [1.82, 2.24) is 0 Å². The van der Waals surface area contributed by atoms with Crippen molar-refractivity contribution in [2.45, 2.75) is 0 Å². The Kier molecular flexibility index (Phi) is 6.12. The fourth-order valence-electron chi connectivity index (χ4n) is 0. The Labute approximate surface area is 69.9 Å². The van der Waals surface area contributed by atoms with E-state index in [9.17, 15) is 0 Å². The summed E-state index contributed by atoms with van der Waals surface area (Å²) >= 11 is 0. The molecule has 0 aromatic heterocycles. The Balaban J connectivity index is 0. The summed E-state index contributed by atoms with van der Waals surface area (Å²) in [6, 6.07) is 0. The van der Waals surface area contributed by atoms with Crippen LogP contribution in [0.5, 0.6) is 0 Å². The minimum atomic E-state index is -4.94. The van der Waals surface area contributed by atoms with Crippen LogP contribution in [0.1, 0.15) is 0 Å². The Bertz CT molecular complexity index is 23.0. The van der Waals surface area contributed by atoms with Gasteiger partial charge in [-0.05, 0) is 0 Å². The molecule has 0 radical (unpaired) electrons. The molecule has 0 unspecified atom stereocenters. The van der Waals surface area contributed by atoms with Crippen LogP contribution in [0.3, 0.4) is 0 Å². The molecule has 0 rings (SSSR count). The van der Waals surface area contributed by atoms with Crippen molar-refractivity contribution in [2.75, 3.05) is 0 Å². The molecule has 6 heavy (non-hydrogen) atoms. The molecule has 0 atom stereocenters. The van der Waals surface area contributed by atoms with Gasteiger partial charge in [-0.2, -0.15) is 0 Å². The molecule has 32 valence electrons. The van der Waals surface area contributed by atoms with Gasteiger partial charge in [0.25, 0.3) is 0 Å². The van der Waals surface area contributed by atoms with Crippen LogP contribution in [-0.2, 0) is 0 Å². The fourth-order valence-corrected chi connectivity index (χ4v) is 0. The third-order valence-corrected chi connectivity index (χ3v) is 0. The summed E-state index contributed by atoms with van der Waals surface area (Å²) in [6.45, 7) is 0. The molecule has 6 heteroatoms. The minimum absolute atomic E-state index is 0. The van der Waals surface area contributed by atoms with Gasteiger partial charge >= 0.3 is 41.7 Å². The number of rotatable bonds is 0. The Hall–Kier alpha value is 1.51. The standard InChI is InChI=1S/Ce.ClHO4/c;2-1(3,4)5/h;(H,2,3,4,5)/q+4;/p-1. The van der Waals surface area contributed by atoms with E-state index in [-0.39, 0.29) is 41.7 Å². The number of halogens is 1. The summed E-state index contributed by atoms with van der Waals surface area (Å²) in [5.41, 5.74) is 0. The number of hydrogen-bond acceptors (Lipinski definition) is 4. The maximum Gasteiger partial charge on any atom is 4.00 e. The largest absolute Gasteiger partial charge is 4.00 e. The summed E-state index contributed by atoms with van der Waals surface area (Å²) < 4.78 is 34.0. The van der Waals surface area contributed by atoms with Gasteiger partial charge in [-0.3, -0.25) is 0 Å². The minimum Gasteiger partial charge on any atom is -0.222 e. The summed E-state index contributed by atoms with van der Waals surface area (Å²) in [6.07, 6.45) is 0. The maximum absolute atomic E-state index is 8.49. The third kappa shape index (κ3) is 49.3. The van der Waals surface area contributed by atoms with E-state index in [0.29, 0.717) is 0 Å². The first-order chi connectivity index (χ1) is 2.00. The molecule has 0 saturated heterocycles. The molecule has 0 saturated carbocycles.